The second-order valence-corrected chi connectivity index (χ2v) is 4.81. The van der Waals surface area contributed by atoms with Crippen molar-refractivity contribution in [2.45, 2.75) is 6.10 Å². The van der Waals surface area contributed by atoms with Gasteiger partial charge in [0.2, 0.25) is 0 Å². The molecule has 2 rings (SSSR count). The van der Waals surface area contributed by atoms with Crippen LogP contribution in [0.15, 0.2) is 36.4 Å². The first-order valence-electron chi connectivity index (χ1n) is 5.49. The predicted octanol–water partition coefficient (Wildman–Crippen LogP) is 4.22. The molecule has 2 aromatic carbocycles. The molecule has 0 aliphatic heterocycles. The fraction of sp³-hybridized carbons (Fsp3) is 0.143. The van der Waals surface area contributed by atoms with Gasteiger partial charge in [0.1, 0.15) is 17.7 Å². The summed E-state index contributed by atoms with van der Waals surface area (Å²) in [6.45, 7) is 0. The molecule has 0 saturated carbocycles. The van der Waals surface area contributed by atoms with Crippen molar-refractivity contribution >= 4 is 23.2 Å². The van der Waals surface area contributed by atoms with Crippen molar-refractivity contribution in [2.24, 2.45) is 0 Å². The van der Waals surface area contributed by atoms with Crippen molar-refractivity contribution in [3.63, 3.8) is 0 Å². The van der Waals surface area contributed by atoms with Crippen LogP contribution >= 0.6 is 23.2 Å². The third kappa shape index (κ3) is 3.00. The van der Waals surface area contributed by atoms with Crippen molar-refractivity contribution < 1.29 is 14.2 Å². The van der Waals surface area contributed by atoms with Gasteiger partial charge in [-0.15, -0.1) is 0 Å². The van der Waals surface area contributed by atoms with Gasteiger partial charge in [-0.2, -0.15) is 0 Å². The Morgan fingerprint density at radius 3 is 2.53 bits per heavy atom. The average Bonchev–Trinajstić information content (AvgIpc) is 2.41. The van der Waals surface area contributed by atoms with E-state index in [1.54, 1.807) is 18.2 Å². The molecule has 19 heavy (non-hydrogen) atoms. The molecule has 0 bridgehead atoms. The molecule has 0 aromatic heterocycles. The van der Waals surface area contributed by atoms with Crippen molar-refractivity contribution in [1.82, 2.24) is 0 Å². The summed E-state index contributed by atoms with van der Waals surface area (Å²) in [6, 6.07) is 8.97. The molecule has 0 fully saturated rings. The SMILES string of the molecule is COc1ccc(Cl)cc1C(O)c1ccc(F)c(Cl)c1. The van der Waals surface area contributed by atoms with E-state index >= 15 is 0 Å². The molecule has 5 heteroatoms. The van der Waals surface area contributed by atoms with Gasteiger partial charge in [0.05, 0.1) is 12.1 Å². The van der Waals surface area contributed by atoms with Crippen LogP contribution in [0.3, 0.4) is 0 Å². The zero-order valence-electron chi connectivity index (χ0n) is 10.0. The Kier molecular flexibility index (Phi) is 4.30. The minimum Gasteiger partial charge on any atom is -0.496 e. The van der Waals surface area contributed by atoms with Crippen LogP contribution in [-0.2, 0) is 0 Å². The molecular weight excluding hydrogens is 290 g/mol. The lowest BCUT2D eigenvalue weighted by Gasteiger charge is -2.16. The van der Waals surface area contributed by atoms with E-state index in [1.165, 1.54) is 25.3 Å². The summed E-state index contributed by atoms with van der Waals surface area (Å²) in [5.74, 6) is -0.0342. The number of hydrogen-bond donors (Lipinski definition) is 1. The first kappa shape index (κ1) is 14.1. The number of methoxy groups -OCH3 is 1. The van der Waals surface area contributed by atoms with Crippen LogP contribution in [0.4, 0.5) is 4.39 Å². The third-order valence-corrected chi connectivity index (χ3v) is 3.27. The number of rotatable bonds is 3. The van der Waals surface area contributed by atoms with E-state index < -0.39 is 11.9 Å². The summed E-state index contributed by atoms with van der Waals surface area (Å²) in [5, 5.41) is 10.8. The quantitative estimate of drug-likeness (QED) is 0.919. The zero-order valence-corrected chi connectivity index (χ0v) is 11.5. The van der Waals surface area contributed by atoms with Crippen molar-refractivity contribution in [3.05, 3.63) is 63.4 Å². The topological polar surface area (TPSA) is 29.5 Å². The summed E-state index contributed by atoms with van der Waals surface area (Å²) in [4.78, 5) is 0. The molecule has 0 amide bonds. The molecule has 0 radical (unpaired) electrons. The van der Waals surface area contributed by atoms with Crippen molar-refractivity contribution in [2.75, 3.05) is 7.11 Å². The van der Waals surface area contributed by atoms with Crippen molar-refractivity contribution in [1.29, 1.82) is 0 Å². The van der Waals surface area contributed by atoms with E-state index in [0.29, 0.717) is 21.9 Å². The lowest BCUT2D eigenvalue weighted by atomic mass is 10.0. The molecule has 0 heterocycles. The monoisotopic (exact) mass is 300 g/mol. The Morgan fingerprint density at radius 1 is 1.16 bits per heavy atom. The molecule has 1 atom stereocenters. The van der Waals surface area contributed by atoms with Crippen LogP contribution in [0.1, 0.15) is 17.2 Å². The highest BCUT2D eigenvalue weighted by Gasteiger charge is 2.17. The predicted molar refractivity (Wildman–Crippen MR) is 73.5 cm³/mol. The molecule has 2 aromatic rings. The van der Waals surface area contributed by atoms with Crippen LogP contribution < -0.4 is 4.74 Å². The largest absolute Gasteiger partial charge is 0.496 e. The van der Waals surface area contributed by atoms with Gasteiger partial charge in [0, 0.05) is 10.6 Å². The van der Waals surface area contributed by atoms with Gasteiger partial charge in [-0.3, -0.25) is 0 Å². The summed E-state index contributed by atoms with van der Waals surface area (Å²) < 4.78 is 18.3. The third-order valence-electron chi connectivity index (χ3n) is 2.75. The Hall–Kier alpha value is -1.29. The molecular formula is C14H11Cl2FO2. The summed E-state index contributed by atoms with van der Waals surface area (Å²) in [7, 11) is 1.50. The molecule has 0 saturated heterocycles. The first-order valence-corrected chi connectivity index (χ1v) is 6.25. The van der Waals surface area contributed by atoms with Gasteiger partial charge in [0.15, 0.2) is 0 Å². The molecule has 1 N–H and O–H groups in total. The number of hydrogen-bond acceptors (Lipinski definition) is 2. The van der Waals surface area contributed by atoms with Crippen LogP contribution in [0.25, 0.3) is 0 Å². The van der Waals surface area contributed by atoms with Gasteiger partial charge in [0.25, 0.3) is 0 Å². The Labute approximate surface area is 120 Å². The second-order valence-electron chi connectivity index (χ2n) is 3.96. The van der Waals surface area contributed by atoms with E-state index in [0.717, 1.165) is 0 Å². The zero-order chi connectivity index (χ0) is 14.0. The van der Waals surface area contributed by atoms with E-state index in [-0.39, 0.29) is 5.02 Å². The van der Waals surface area contributed by atoms with Gasteiger partial charge < -0.3 is 9.84 Å². The van der Waals surface area contributed by atoms with E-state index in [1.807, 2.05) is 0 Å². The highest BCUT2D eigenvalue weighted by atomic mass is 35.5. The standard InChI is InChI=1S/C14H11Cl2FO2/c1-19-13-5-3-9(15)7-10(13)14(18)8-2-4-12(17)11(16)6-8/h2-7,14,18H,1H3. The highest BCUT2D eigenvalue weighted by molar-refractivity contribution is 6.31. The normalized spacial score (nSPS) is 12.3. The van der Waals surface area contributed by atoms with Gasteiger partial charge >= 0.3 is 0 Å². The lowest BCUT2D eigenvalue weighted by molar-refractivity contribution is 0.214. The van der Waals surface area contributed by atoms with Gasteiger partial charge in [-0.05, 0) is 35.9 Å². The Morgan fingerprint density at radius 2 is 1.89 bits per heavy atom. The maximum absolute atomic E-state index is 13.1. The molecule has 0 spiro atoms. The highest BCUT2D eigenvalue weighted by Crippen LogP contribution is 2.33. The molecule has 0 aliphatic rings. The fourth-order valence-electron chi connectivity index (χ4n) is 1.78. The number of aliphatic hydroxyl groups excluding tert-OH is 1. The number of benzene rings is 2. The smallest absolute Gasteiger partial charge is 0.141 e. The molecule has 100 valence electrons. The van der Waals surface area contributed by atoms with E-state index in [4.69, 9.17) is 27.9 Å². The van der Waals surface area contributed by atoms with Gasteiger partial charge in [-0.1, -0.05) is 29.3 Å². The Balaban J connectivity index is 2.45. The van der Waals surface area contributed by atoms with E-state index in [9.17, 15) is 9.50 Å². The fourth-order valence-corrected chi connectivity index (χ4v) is 2.15. The van der Waals surface area contributed by atoms with Crippen LogP contribution in [0.2, 0.25) is 10.0 Å². The maximum atomic E-state index is 13.1. The number of halogens is 3. The number of ether oxygens (including phenoxy) is 1. The first-order chi connectivity index (χ1) is 9.02. The van der Waals surface area contributed by atoms with E-state index in [2.05, 4.69) is 0 Å². The van der Waals surface area contributed by atoms with Crippen molar-refractivity contribution in [3.8, 4) is 5.75 Å². The minimum atomic E-state index is -0.994. The molecule has 0 aliphatic carbocycles. The minimum absolute atomic E-state index is 0.0439. The summed E-state index contributed by atoms with van der Waals surface area (Å²) in [5.41, 5.74) is 0.963. The summed E-state index contributed by atoms with van der Waals surface area (Å²) >= 11 is 11.6. The second kappa shape index (κ2) is 5.78. The number of aliphatic hydroxyl groups is 1. The van der Waals surface area contributed by atoms with Gasteiger partial charge in [-0.25, -0.2) is 4.39 Å². The Bertz CT molecular complexity index is 602. The summed E-state index contributed by atoms with van der Waals surface area (Å²) in [6.07, 6.45) is -0.994. The molecule has 1 unspecified atom stereocenters. The van der Waals surface area contributed by atoms with Crippen LogP contribution in [0.5, 0.6) is 5.75 Å². The maximum Gasteiger partial charge on any atom is 0.141 e. The molecule has 2 nitrogen and oxygen atoms in total. The average molecular weight is 301 g/mol. The van der Waals surface area contributed by atoms with Crippen LogP contribution in [-0.4, -0.2) is 12.2 Å². The van der Waals surface area contributed by atoms with Crippen LogP contribution in [0, 0.1) is 5.82 Å². The lowest BCUT2D eigenvalue weighted by Crippen LogP contribution is -2.03.